The highest BCUT2D eigenvalue weighted by Crippen LogP contribution is 2.28. The summed E-state index contributed by atoms with van der Waals surface area (Å²) in [6, 6.07) is 17.3. The first-order valence-electron chi connectivity index (χ1n) is 7.09. The Balaban J connectivity index is 1.77. The number of hydrogen-bond acceptors (Lipinski definition) is 3. The number of thiophene rings is 1. The highest BCUT2D eigenvalue weighted by Gasteiger charge is 2.13. The van der Waals surface area contributed by atoms with Crippen molar-refractivity contribution in [1.82, 2.24) is 9.97 Å². The fourth-order valence-corrected chi connectivity index (χ4v) is 3.31. The highest BCUT2D eigenvalue weighted by atomic mass is 32.1. The molecule has 4 aromatic rings. The van der Waals surface area contributed by atoms with Gasteiger partial charge in [0.2, 0.25) is 0 Å². The van der Waals surface area contributed by atoms with Gasteiger partial charge in [-0.25, -0.2) is 9.78 Å². The molecule has 0 aliphatic rings. The zero-order chi connectivity index (χ0) is 15.8. The largest absolute Gasteiger partial charge is 0.478 e. The number of H-pyrrole nitrogens is 1. The summed E-state index contributed by atoms with van der Waals surface area (Å²) in [7, 11) is 0. The summed E-state index contributed by atoms with van der Waals surface area (Å²) in [6.45, 7) is 0. The standard InChI is InChI=1S/C18H12N2O2S/c21-18(22)13-3-1-4-14-16(13)20-17(19-14)12-8-6-11(7-9-12)15-5-2-10-23-15/h1-10H,(H,19,20)(H,21,22). The van der Waals surface area contributed by atoms with E-state index in [4.69, 9.17) is 0 Å². The molecule has 0 saturated carbocycles. The Morgan fingerprint density at radius 3 is 2.48 bits per heavy atom. The normalized spacial score (nSPS) is 11.0. The van der Waals surface area contributed by atoms with Crippen molar-refractivity contribution in [1.29, 1.82) is 0 Å². The molecule has 0 aliphatic heterocycles. The molecule has 2 aromatic heterocycles. The minimum atomic E-state index is -0.971. The van der Waals surface area contributed by atoms with Crippen molar-refractivity contribution in [2.45, 2.75) is 0 Å². The van der Waals surface area contributed by atoms with E-state index >= 15 is 0 Å². The van der Waals surface area contributed by atoms with E-state index in [2.05, 4.69) is 21.4 Å². The summed E-state index contributed by atoms with van der Waals surface area (Å²) < 4.78 is 0. The van der Waals surface area contributed by atoms with Crippen LogP contribution in [0.25, 0.3) is 32.9 Å². The van der Waals surface area contributed by atoms with E-state index in [9.17, 15) is 9.90 Å². The minimum Gasteiger partial charge on any atom is -0.478 e. The lowest BCUT2D eigenvalue weighted by Crippen LogP contribution is -1.96. The fourth-order valence-electron chi connectivity index (χ4n) is 2.58. The van der Waals surface area contributed by atoms with E-state index in [0.717, 1.165) is 16.6 Å². The topological polar surface area (TPSA) is 66.0 Å². The molecule has 2 aromatic carbocycles. The lowest BCUT2D eigenvalue weighted by atomic mass is 10.1. The van der Waals surface area contributed by atoms with Crippen molar-refractivity contribution < 1.29 is 9.90 Å². The molecule has 5 heteroatoms. The van der Waals surface area contributed by atoms with Crippen LogP contribution in [-0.2, 0) is 0 Å². The number of carboxylic acid groups (broad SMARTS) is 1. The number of para-hydroxylation sites is 1. The van der Waals surface area contributed by atoms with Gasteiger partial charge in [-0.1, -0.05) is 36.4 Å². The molecule has 2 heterocycles. The van der Waals surface area contributed by atoms with Crippen LogP contribution in [0.3, 0.4) is 0 Å². The van der Waals surface area contributed by atoms with Gasteiger partial charge in [-0.15, -0.1) is 11.3 Å². The Kier molecular flexibility index (Phi) is 3.20. The van der Waals surface area contributed by atoms with Crippen molar-refractivity contribution in [3.63, 3.8) is 0 Å². The van der Waals surface area contributed by atoms with E-state index in [1.807, 2.05) is 36.4 Å². The van der Waals surface area contributed by atoms with Crippen LogP contribution in [0.2, 0.25) is 0 Å². The average Bonchev–Trinajstić information content (AvgIpc) is 3.24. The van der Waals surface area contributed by atoms with Gasteiger partial charge < -0.3 is 10.1 Å². The van der Waals surface area contributed by atoms with Gasteiger partial charge in [-0.05, 0) is 29.1 Å². The second-order valence-electron chi connectivity index (χ2n) is 5.15. The number of carbonyl (C=O) groups is 1. The molecule has 0 amide bonds. The van der Waals surface area contributed by atoms with Crippen LogP contribution in [0.1, 0.15) is 10.4 Å². The molecule has 4 nitrogen and oxygen atoms in total. The third-order valence-electron chi connectivity index (χ3n) is 3.71. The summed E-state index contributed by atoms with van der Waals surface area (Å²) in [4.78, 5) is 20.2. The molecule has 0 unspecified atom stereocenters. The maximum Gasteiger partial charge on any atom is 0.337 e. The van der Waals surface area contributed by atoms with Crippen LogP contribution < -0.4 is 0 Å². The maximum atomic E-state index is 11.3. The van der Waals surface area contributed by atoms with Gasteiger partial charge in [-0.3, -0.25) is 0 Å². The maximum absolute atomic E-state index is 11.3. The zero-order valence-electron chi connectivity index (χ0n) is 12.0. The fraction of sp³-hybridized carbons (Fsp3) is 0. The molecule has 0 atom stereocenters. The van der Waals surface area contributed by atoms with Gasteiger partial charge in [0.05, 0.1) is 11.1 Å². The van der Waals surface area contributed by atoms with Crippen LogP contribution in [0.5, 0.6) is 0 Å². The van der Waals surface area contributed by atoms with E-state index in [1.165, 1.54) is 4.88 Å². The van der Waals surface area contributed by atoms with Crippen molar-refractivity contribution in [2.75, 3.05) is 0 Å². The van der Waals surface area contributed by atoms with Gasteiger partial charge in [0.1, 0.15) is 11.3 Å². The molecular weight excluding hydrogens is 308 g/mol. The Morgan fingerprint density at radius 2 is 1.78 bits per heavy atom. The molecular formula is C18H12N2O2S. The Hall–Kier alpha value is -2.92. The van der Waals surface area contributed by atoms with Crippen LogP contribution in [-0.4, -0.2) is 21.0 Å². The van der Waals surface area contributed by atoms with Gasteiger partial charge in [0.25, 0.3) is 0 Å². The molecule has 0 fully saturated rings. The molecule has 0 spiro atoms. The van der Waals surface area contributed by atoms with E-state index < -0.39 is 5.97 Å². The number of aromatic carboxylic acids is 1. The summed E-state index contributed by atoms with van der Waals surface area (Å²) in [5.41, 5.74) is 3.50. The first-order chi connectivity index (χ1) is 11.2. The average molecular weight is 320 g/mol. The predicted octanol–water partition coefficient (Wildman–Crippen LogP) is 4.66. The van der Waals surface area contributed by atoms with Crippen LogP contribution in [0.4, 0.5) is 0 Å². The lowest BCUT2D eigenvalue weighted by Gasteiger charge is -2.00. The third kappa shape index (κ3) is 2.41. The van der Waals surface area contributed by atoms with Crippen molar-refractivity contribution in [3.8, 4) is 21.8 Å². The predicted molar refractivity (Wildman–Crippen MR) is 91.8 cm³/mol. The molecule has 112 valence electrons. The van der Waals surface area contributed by atoms with Gasteiger partial charge in [0.15, 0.2) is 0 Å². The second kappa shape index (κ2) is 5.37. The zero-order valence-corrected chi connectivity index (χ0v) is 12.8. The number of hydrogen-bond donors (Lipinski definition) is 2. The SMILES string of the molecule is O=C(O)c1cccc2[nH]c(-c3ccc(-c4cccs4)cc3)nc12. The third-order valence-corrected chi connectivity index (χ3v) is 4.63. The highest BCUT2D eigenvalue weighted by molar-refractivity contribution is 7.13. The number of nitrogens with one attached hydrogen (secondary N) is 1. The number of aromatic nitrogens is 2. The van der Waals surface area contributed by atoms with E-state index in [0.29, 0.717) is 11.3 Å². The quantitative estimate of drug-likeness (QED) is 0.577. The summed E-state index contributed by atoms with van der Waals surface area (Å²) in [5, 5.41) is 11.3. The van der Waals surface area contributed by atoms with Crippen molar-refractivity contribution in [3.05, 3.63) is 65.5 Å². The van der Waals surface area contributed by atoms with Gasteiger partial charge >= 0.3 is 5.97 Å². The van der Waals surface area contributed by atoms with Crippen LogP contribution in [0, 0.1) is 0 Å². The Bertz CT molecular complexity index is 986. The number of rotatable bonds is 3. The van der Waals surface area contributed by atoms with E-state index in [-0.39, 0.29) is 5.56 Å². The van der Waals surface area contributed by atoms with Crippen LogP contribution >= 0.6 is 11.3 Å². The van der Waals surface area contributed by atoms with Crippen molar-refractivity contribution in [2.24, 2.45) is 0 Å². The van der Waals surface area contributed by atoms with Crippen molar-refractivity contribution >= 4 is 28.3 Å². The smallest absolute Gasteiger partial charge is 0.337 e. The molecule has 0 saturated heterocycles. The first-order valence-corrected chi connectivity index (χ1v) is 7.97. The summed E-state index contributed by atoms with van der Waals surface area (Å²) in [6.07, 6.45) is 0. The number of nitrogens with zero attached hydrogens (tertiary/aromatic N) is 1. The monoisotopic (exact) mass is 320 g/mol. The molecule has 0 bridgehead atoms. The minimum absolute atomic E-state index is 0.209. The second-order valence-corrected chi connectivity index (χ2v) is 6.09. The molecule has 0 aliphatic carbocycles. The molecule has 2 N–H and O–H groups in total. The van der Waals surface area contributed by atoms with Crippen LogP contribution in [0.15, 0.2) is 60.0 Å². The van der Waals surface area contributed by atoms with Gasteiger partial charge in [0, 0.05) is 10.4 Å². The summed E-state index contributed by atoms with van der Waals surface area (Å²) in [5.74, 6) is -0.298. The number of aromatic amines is 1. The summed E-state index contributed by atoms with van der Waals surface area (Å²) >= 11 is 1.70. The molecule has 4 rings (SSSR count). The number of benzene rings is 2. The molecule has 0 radical (unpaired) electrons. The number of fused-ring (bicyclic) bond motifs is 1. The van der Waals surface area contributed by atoms with Gasteiger partial charge in [-0.2, -0.15) is 0 Å². The Labute approximate surface area is 136 Å². The molecule has 23 heavy (non-hydrogen) atoms. The first kappa shape index (κ1) is 13.7. The number of carboxylic acids is 1. The Morgan fingerprint density at radius 1 is 1.00 bits per heavy atom. The van der Waals surface area contributed by atoms with E-state index in [1.54, 1.807) is 23.5 Å². The lowest BCUT2D eigenvalue weighted by molar-refractivity contribution is 0.0699. The number of imidazole rings is 1.